The van der Waals surface area contributed by atoms with Gasteiger partial charge in [0.15, 0.2) is 0 Å². The molecule has 1 saturated heterocycles. The number of hydrogen-bond acceptors (Lipinski definition) is 3. The van der Waals surface area contributed by atoms with Crippen molar-refractivity contribution >= 4 is 5.91 Å². The second-order valence-electron chi connectivity index (χ2n) is 4.06. The molecule has 88 valence electrons. The van der Waals surface area contributed by atoms with E-state index in [1.54, 1.807) is 0 Å². The Hall–Kier alpha value is -0.610. The minimum atomic E-state index is -0.124. The van der Waals surface area contributed by atoms with Crippen LogP contribution in [0.25, 0.3) is 0 Å². The van der Waals surface area contributed by atoms with Crippen molar-refractivity contribution in [2.45, 2.75) is 45.3 Å². The molecular formula is C11H22N2O2. The second kappa shape index (κ2) is 6.80. The fourth-order valence-corrected chi connectivity index (χ4v) is 1.61. The zero-order valence-electron chi connectivity index (χ0n) is 9.71. The van der Waals surface area contributed by atoms with Crippen molar-refractivity contribution in [3.63, 3.8) is 0 Å². The summed E-state index contributed by atoms with van der Waals surface area (Å²) in [6.45, 7) is 6.33. The van der Waals surface area contributed by atoms with Crippen LogP contribution in [-0.2, 0) is 9.53 Å². The molecule has 0 spiro atoms. The number of rotatable bonds is 6. The number of amides is 1. The van der Waals surface area contributed by atoms with Gasteiger partial charge in [0.05, 0.1) is 12.1 Å². The van der Waals surface area contributed by atoms with Crippen LogP contribution in [0.2, 0.25) is 0 Å². The van der Waals surface area contributed by atoms with Crippen LogP contribution in [0.4, 0.5) is 0 Å². The van der Waals surface area contributed by atoms with E-state index in [1.807, 2.05) is 13.8 Å². The molecule has 0 aromatic carbocycles. The van der Waals surface area contributed by atoms with E-state index in [1.165, 1.54) is 0 Å². The molecule has 2 unspecified atom stereocenters. The van der Waals surface area contributed by atoms with Crippen LogP contribution < -0.4 is 10.6 Å². The zero-order valence-corrected chi connectivity index (χ0v) is 9.71. The smallest absolute Gasteiger partial charge is 0.236 e. The summed E-state index contributed by atoms with van der Waals surface area (Å²) in [5, 5.41) is 6.06. The molecule has 1 heterocycles. The van der Waals surface area contributed by atoms with Gasteiger partial charge in [0.2, 0.25) is 5.91 Å². The number of carbonyl (C=O) groups excluding carboxylic acids is 1. The maximum absolute atomic E-state index is 11.5. The van der Waals surface area contributed by atoms with Crippen LogP contribution >= 0.6 is 0 Å². The molecule has 1 rings (SSSR count). The van der Waals surface area contributed by atoms with E-state index < -0.39 is 0 Å². The predicted molar refractivity (Wildman–Crippen MR) is 59.7 cm³/mol. The highest BCUT2D eigenvalue weighted by molar-refractivity contribution is 5.81. The summed E-state index contributed by atoms with van der Waals surface area (Å²) in [5.74, 6) is 0.0786. The fourth-order valence-electron chi connectivity index (χ4n) is 1.61. The quantitative estimate of drug-likeness (QED) is 0.683. The van der Waals surface area contributed by atoms with E-state index >= 15 is 0 Å². The third-order valence-corrected chi connectivity index (χ3v) is 2.62. The van der Waals surface area contributed by atoms with Crippen molar-refractivity contribution < 1.29 is 9.53 Å². The Balaban J connectivity index is 2.10. The van der Waals surface area contributed by atoms with Crippen LogP contribution in [0.1, 0.15) is 33.1 Å². The monoisotopic (exact) mass is 214 g/mol. The molecule has 0 bridgehead atoms. The van der Waals surface area contributed by atoms with Crippen molar-refractivity contribution in [1.29, 1.82) is 0 Å². The van der Waals surface area contributed by atoms with Gasteiger partial charge in [-0.3, -0.25) is 4.79 Å². The van der Waals surface area contributed by atoms with Crippen LogP contribution in [0.3, 0.4) is 0 Å². The van der Waals surface area contributed by atoms with Crippen LogP contribution in [0.5, 0.6) is 0 Å². The Kier molecular flexibility index (Phi) is 5.65. The summed E-state index contributed by atoms with van der Waals surface area (Å²) >= 11 is 0. The first-order valence-corrected chi connectivity index (χ1v) is 5.86. The van der Waals surface area contributed by atoms with Crippen molar-refractivity contribution in [3.8, 4) is 0 Å². The molecule has 2 atom stereocenters. The summed E-state index contributed by atoms with van der Waals surface area (Å²) in [6, 6.07) is -0.124. The Morgan fingerprint density at radius 3 is 3.00 bits per heavy atom. The Bertz CT molecular complexity index is 191. The molecule has 1 aliphatic rings. The van der Waals surface area contributed by atoms with Gasteiger partial charge in [-0.05, 0) is 26.2 Å². The number of carbonyl (C=O) groups is 1. The predicted octanol–water partition coefficient (Wildman–Crippen LogP) is 0.670. The lowest BCUT2D eigenvalue weighted by Crippen LogP contribution is -2.44. The van der Waals surface area contributed by atoms with Gasteiger partial charge in [-0.1, -0.05) is 6.92 Å². The molecule has 0 aromatic heterocycles. The number of ether oxygens (including phenoxy) is 1. The largest absolute Gasteiger partial charge is 0.377 e. The van der Waals surface area contributed by atoms with Crippen LogP contribution in [-0.4, -0.2) is 37.7 Å². The molecule has 0 aromatic rings. The van der Waals surface area contributed by atoms with E-state index in [4.69, 9.17) is 4.74 Å². The Morgan fingerprint density at radius 2 is 2.40 bits per heavy atom. The van der Waals surface area contributed by atoms with E-state index in [0.29, 0.717) is 6.10 Å². The van der Waals surface area contributed by atoms with E-state index in [2.05, 4.69) is 10.6 Å². The summed E-state index contributed by atoms with van der Waals surface area (Å²) in [4.78, 5) is 11.5. The van der Waals surface area contributed by atoms with Gasteiger partial charge in [0.1, 0.15) is 0 Å². The third kappa shape index (κ3) is 4.62. The Labute approximate surface area is 91.8 Å². The molecule has 1 fully saturated rings. The number of nitrogens with one attached hydrogen (secondary N) is 2. The molecule has 2 N–H and O–H groups in total. The Morgan fingerprint density at radius 1 is 1.60 bits per heavy atom. The molecule has 4 heteroatoms. The summed E-state index contributed by atoms with van der Waals surface area (Å²) < 4.78 is 5.47. The molecule has 15 heavy (non-hydrogen) atoms. The molecular weight excluding hydrogens is 192 g/mol. The third-order valence-electron chi connectivity index (χ3n) is 2.62. The van der Waals surface area contributed by atoms with Gasteiger partial charge in [-0.15, -0.1) is 0 Å². The van der Waals surface area contributed by atoms with Crippen molar-refractivity contribution in [2.75, 3.05) is 19.7 Å². The van der Waals surface area contributed by atoms with Crippen LogP contribution in [0, 0.1) is 0 Å². The lowest BCUT2D eigenvalue weighted by molar-refractivity contribution is -0.122. The van der Waals surface area contributed by atoms with Gasteiger partial charge >= 0.3 is 0 Å². The van der Waals surface area contributed by atoms with Gasteiger partial charge in [-0.2, -0.15) is 0 Å². The van der Waals surface area contributed by atoms with Crippen molar-refractivity contribution in [3.05, 3.63) is 0 Å². The van der Waals surface area contributed by atoms with Gasteiger partial charge in [0.25, 0.3) is 0 Å². The minimum absolute atomic E-state index is 0.0786. The average Bonchev–Trinajstić information content (AvgIpc) is 2.75. The van der Waals surface area contributed by atoms with E-state index in [9.17, 15) is 4.79 Å². The maximum Gasteiger partial charge on any atom is 0.236 e. The van der Waals surface area contributed by atoms with E-state index in [0.717, 1.165) is 39.0 Å². The highest BCUT2D eigenvalue weighted by atomic mass is 16.5. The molecule has 0 aliphatic carbocycles. The minimum Gasteiger partial charge on any atom is -0.377 e. The first kappa shape index (κ1) is 12.5. The maximum atomic E-state index is 11.5. The number of hydrogen-bond donors (Lipinski definition) is 2. The molecule has 1 aliphatic heterocycles. The van der Waals surface area contributed by atoms with Gasteiger partial charge in [-0.25, -0.2) is 0 Å². The van der Waals surface area contributed by atoms with Gasteiger partial charge in [0, 0.05) is 19.7 Å². The molecule has 0 saturated carbocycles. The summed E-state index contributed by atoms with van der Waals surface area (Å²) in [7, 11) is 0. The lowest BCUT2D eigenvalue weighted by Gasteiger charge is -2.16. The molecule has 4 nitrogen and oxygen atoms in total. The standard InChI is InChI=1S/C11H22N2O2/c1-3-6-12-11(14)9(2)13-8-10-5-4-7-15-10/h9-10,13H,3-8H2,1-2H3,(H,12,14). The molecule has 0 radical (unpaired) electrons. The highest BCUT2D eigenvalue weighted by Gasteiger charge is 2.18. The first-order valence-electron chi connectivity index (χ1n) is 5.86. The summed E-state index contributed by atoms with van der Waals surface area (Å²) in [6.07, 6.45) is 3.52. The second-order valence-corrected chi connectivity index (χ2v) is 4.06. The topological polar surface area (TPSA) is 50.4 Å². The lowest BCUT2D eigenvalue weighted by atomic mass is 10.2. The normalized spacial score (nSPS) is 22.7. The average molecular weight is 214 g/mol. The SMILES string of the molecule is CCCNC(=O)C(C)NCC1CCCO1. The van der Waals surface area contributed by atoms with Gasteiger partial charge < -0.3 is 15.4 Å². The van der Waals surface area contributed by atoms with Crippen molar-refractivity contribution in [1.82, 2.24) is 10.6 Å². The van der Waals surface area contributed by atoms with E-state index in [-0.39, 0.29) is 11.9 Å². The molecule has 1 amide bonds. The van der Waals surface area contributed by atoms with Crippen molar-refractivity contribution in [2.24, 2.45) is 0 Å². The fraction of sp³-hybridized carbons (Fsp3) is 0.909. The zero-order chi connectivity index (χ0) is 11.1. The first-order chi connectivity index (χ1) is 7.24. The highest BCUT2D eigenvalue weighted by Crippen LogP contribution is 2.10. The summed E-state index contributed by atoms with van der Waals surface area (Å²) in [5.41, 5.74) is 0. The van der Waals surface area contributed by atoms with Crippen LogP contribution in [0.15, 0.2) is 0 Å².